The Bertz CT molecular complexity index is 598. The Morgan fingerprint density at radius 3 is 2.81 bits per heavy atom. The number of nitrogens with zero attached hydrogens (tertiary/aromatic N) is 2. The molecule has 1 unspecified atom stereocenters. The summed E-state index contributed by atoms with van der Waals surface area (Å²) in [6, 6.07) is 9.43. The van der Waals surface area contributed by atoms with Crippen LogP contribution in [0.15, 0.2) is 29.3 Å². The lowest BCUT2D eigenvalue weighted by atomic mass is 9.96. The fraction of sp³-hybridized carbons (Fsp3) is 0.682. The summed E-state index contributed by atoms with van der Waals surface area (Å²) in [6.45, 7) is 9.75. The highest BCUT2D eigenvalue weighted by atomic mass is 16.5. The number of ether oxygens (including phenoxy) is 1. The second-order valence-electron chi connectivity index (χ2n) is 7.91. The third-order valence-electron chi connectivity index (χ3n) is 5.43. The van der Waals surface area contributed by atoms with E-state index < -0.39 is 0 Å². The largest absolute Gasteiger partial charge is 0.376 e. The Morgan fingerprint density at radius 1 is 1.22 bits per heavy atom. The van der Waals surface area contributed by atoms with Gasteiger partial charge in [0.2, 0.25) is 0 Å². The molecule has 1 atom stereocenters. The molecule has 2 N–H and O–H groups in total. The van der Waals surface area contributed by atoms with Crippen LogP contribution in [0.5, 0.6) is 0 Å². The van der Waals surface area contributed by atoms with Gasteiger partial charge in [0.15, 0.2) is 5.96 Å². The van der Waals surface area contributed by atoms with Gasteiger partial charge in [-0.05, 0) is 37.8 Å². The number of hydrogen-bond acceptors (Lipinski definition) is 3. The SMILES string of the molecule is CCNC(=NCc1cccc(CN2CCOC(C)C2)c1)NC1CCCCC1. The Morgan fingerprint density at radius 2 is 2.04 bits per heavy atom. The molecular formula is C22H36N4O. The van der Waals surface area contributed by atoms with Gasteiger partial charge >= 0.3 is 0 Å². The molecule has 0 amide bonds. The van der Waals surface area contributed by atoms with E-state index in [9.17, 15) is 0 Å². The van der Waals surface area contributed by atoms with Gasteiger partial charge in [0.05, 0.1) is 19.3 Å². The van der Waals surface area contributed by atoms with Crippen molar-refractivity contribution in [3.8, 4) is 0 Å². The molecule has 2 fully saturated rings. The molecule has 2 aliphatic rings. The van der Waals surface area contributed by atoms with Gasteiger partial charge in [-0.1, -0.05) is 43.5 Å². The van der Waals surface area contributed by atoms with Crippen LogP contribution in [-0.4, -0.2) is 49.2 Å². The summed E-state index contributed by atoms with van der Waals surface area (Å²) in [5.41, 5.74) is 2.64. The molecule has 0 aromatic heterocycles. The fourth-order valence-corrected chi connectivity index (χ4v) is 4.05. The lowest BCUT2D eigenvalue weighted by Gasteiger charge is -2.31. The van der Waals surface area contributed by atoms with Crippen LogP contribution < -0.4 is 10.6 Å². The quantitative estimate of drug-likeness (QED) is 0.594. The van der Waals surface area contributed by atoms with Gasteiger partial charge in [0, 0.05) is 32.2 Å². The number of benzene rings is 1. The van der Waals surface area contributed by atoms with Crippen LogP contribution in [0.2, 0.25) is 0 Å². The van der Waals surface area contributed by atoms with Crippen molar-refractivity contribution in [1.29, 1.82) is 0 Å². The van der Waals surface area contributed by atoms with Crippen molar-refractivity contribution >= 4 is 5.96 Å². The number of rotatable bonds is 6. The first kappa shape index (κ1) is 20.2. The molecule has 1 aliphatic heterocycles. The Balaban J connectivity index is 1.57. The molecule has 1 aliphatic carbocycles. The van der Waals surface area contributed by atoms with Crippen LogP contribution >= 0.6 is 0 Å². The van der Waals surface area contributed by atoms with Gasteiger partial charge in [0.25, 0.3) is 0 Å². The highest BCUT2D eigenvalue weighted by molar-refractivity contribution is 5.80. The summed E-state index contributed by atoms with van der Waals surface area (Å²) < 4.78 is 5.65. The van der Waals surface area contributed by atoms with Gasteiger partial charge in [0.1, 0.15) is 0 Å². The van der Waals surface area contributed by atoms with Crippen LogP contribution in [0.4, 0.5) is 0 Å². The third kappa shape index (κ3) is 6.82. The summed E-state index contributed by atoms with van der Waals surface area (Å²) >= 11 is 0. The number of hydrogen-bond donors (Lipinski definition) is 2. The van der Waals surface area contributed by atoms with Gasteiger partial charge in [-0.15, -0.1) is 0 Å². The summed E-state index contributed by atoms with van der Waals surface area (Å²) in [6.07, 6.45) is 6.90. The molecule has 1 heterocycles. The fourth-order valence-electron chi connectivity index (χ4n) is 4.05. The van der Waals surface area contributed by atoms with Gasteiger partial charge < -0.3 is 15.4 Å². The van der Waals surface area contributed by atoms with Crippen LogP contribution in [0.25, 0.3) is 0 Å². The average Bonchev–Trinajstić information content (AvgIpc) is 2.67. The molecule has 1 aromatic carbocycles. The molecule has 1 saturated carbocycles. The first-order chi connectivity index (χ1) is 13.2. The minimum absolute atomic E-state index is 0.333. The van der Waals surface area contributed by atoms with E-state index in [-0.39, 0.29) is 0 Å². The average molecular weight is 373 g/mol. The molecule has 0 bridgehead atoms. The zero-order chi connectivity index (χ0) is 18.9. The van der Waals surface area contributed by atoms with E-state index in [4.69, 9.17) is 9.73 Å². The number of aliphatic imine (C=N–C) groups is 1. The van der Waals surface area contributed by atoms with Crippen molar-refractivity contribution < 1.29 is 4.74 Å². The number of guanidine groups is 1. The van der Waals surface area contributed by atoms with Crippen molar-refractivity contribution in [2.75, 3.05) is 26.2 Å². The molecule has 0 radical (unpaired) electrons. The standard InChI is InChI=1S/C22H36N4O/c1-3-23-22(25-21-10-5-4-6-11-21)24-15-19-8-7-9-20(14-19)17-26-12-13-27-18(2)16-26/h7-9,14,18,21H,3-6,10-13,15-17H2,1-2H3,(H2,23,24,25). The first-order valence-corrected chi connectivity index (χ1v) is 10.7. The molecule has 1 saturated heterocycles. The van der Waals surface area contributed by atoms with Crippen molar-refractivity contribution in [1.82, 2.24) is 15.5 Å². The normalized spacial score (nSPS) is 22.6. The van der Waals surface area contributed by atoms with Crippen molar-refractivity contribution in [2.45, 2.75) is 71.2 Å². The number of nitrogens with one attached hydrogen (secondary N) is 2. The third-order valence-corrected chi connectivity index (χ3v) is 5.43. The van der Waals surface area contributed by atoms with Crippen LogP contribution in [0.1, 0.15) is 57.1 Å². The van der Waals surface area contributed by atoms with Crippen LogP contribution in [0, 0.1) is 0 Å². The van der Waals surface area contributed by atoms with Crippen molar-refractivity contribution in [3.63, 3.8) is 0 Å². The molecule has 150 valence electrons. The number of morpholine rings is 1. The van der Waals surface area contributed by atoms with Gasteiger partial charge in [-0.3, -0.25) is 4.90 Å². The second-order valence-corrected chi connectivity index (χ2v) is 7.91. The maximum atomic E-state index is 5.65. The minimum Gasteiger partial charge on any atom is -0.376 e. The highest BCUT2D eigenvalue weighted by Crippen LogP contribution is 2.17. The van der Waals surface area contributed by atoms with E-state index in [0.717, 1.165) is 45.3 Å². The Kier molecular flexibility index (Phi) is 7.96. The van der Waals surface area contributed by atoms with E-state index in [1.165, 1.54) is 43.2 Å². The first-order valence-electron chi connectivity index (χ1n) is 10.7. The molecule has 1 aromatic rings. The topological polar surface area (TPSA) is 48.9 Å². The van der Waals surface area contributed by atoms with Crippen molar-refractivity contribution in [2.24, 2.45) is 4.99 Å². The van der Waals surface area contributed by atoms with E-state index in [1.807, 2.05) is 0 Å². The summed E-state index contributed by atoms with van der Waals surface area (Å²) in [5, 5.41) is 7.03. The summed E-state index contributed by atoms with van der Waals surface area (Å²) in [4.78, 5) is 7.32. The van der Waals surface area contributed by atoms with Gasteiger partial charge in [-0.2, -0.15) is 0 Å². The minimum atomic E-state index is 0.333. The predicted octanol–water partition coefficient (Wildman–Crippen LogP) is 3.30. The van der Waals surface area contributed by atoms with E-state index in [0.29, 0.717) is 12.1 Å². The monoisotopic (exact) mass is 372 g/mol. The smallest absolute Gasteiger partial charge is 0.191 e. The zero-order valence-electron chi connectivity index (χ0n) is 17.0. The van der Waals surface area contributed by atoms with Crippen LogP contribution in [0.3, 0.4) is 0 Å². The molecule has 5 heteroatoms. The molecule has 0 spiro atoms. The second kappa shape index (κ2) is 10.7. The maximum Gasteiger partial charge on any atom is 0.191 e. The summed E-state index contributed by atoms with van der Waals surface area (Å²) in [5.74, 6) is 0.955. The van der Waals surface area contributed by atoms with E-state index in [1.54, 1.807) is 0 Å². The lowest BCUT2D eigenvalue weighted by molar-refractivity contribution is -0.0212. The van der Waals surface area contributed by atoms with Crippen molar-refractivity contribution in [3.05, 3.63) is 35.4 Å². The molecule has 27 heavy (non-hydrogen) atoms. The van der Waals surface area contributed by atoms with Gasteiger partial charge in [-0.25, -0.2) is 4.99 Å². The van der Waals surface area contributed by atoms with E-state index in [2.05, 4.69) is 53.6 Å². The van der Waals surface area contributed by atoms with E-state index >= 15 is 0 Å². The van der Waals surface area contributed by atoms with Crippen LogP contribution in [-0.2, 0) is 17.8 Å². The molecular weight excluding hydrogens is 336 g/mol. The summed E-state index contributed by atoms with van der Waals surface area (Å²) in [7, 11) is 0. The lowest BCUT2D eigenvalue weighted by Crippen LogP contribution is -2.44. The Labute approximate surface area is 164 Å². The zero-order valence-corrected chi connectivity index (χ0v) is 17.0. The molecule has 5 nitrogen and oxygen atoms in total. The highest BCUT2D eigenvalue weighted by Gasteiger charge is 2.17. The maximum absolute atomic E-state index is 5.65. The molecule has 3 rings (SSSR count). The predicted molar refractivity (Wildman–Crippen MR) is 112 cm³/mol. The Hall–Kier alpha value is -1.59.